The Kier molecular flexibility index (Phi) is 6.53. The molecule has 0 aliphatic carbocycles. The SMILES string of the molecule is COCCCNC(=O)c1ccnc(C(=O)Nc2c(F)cccc2F)c1. The lowest BCUT2D eigenvalue weighted by Gasteiger charge is -2.08. The van der Waals surface area contributed by atoms with Crippen LogP contribution in [0.3, 0.4) is 0 Å². The predicted molar refractivity (Wildman–Crippen MR) is 87.4 cm³/mol. The van der Waals surface area contributed by atoms with Gasteiger partial charge in [-0.05, 0) is 30.7 Å². The number of carbonyl (C=O) groups excluding carboxylic acids is 2. The molecule has 0 saturated heterocycles. The Bertz CT molecular complexity index is 748. The summed E-state index contributed by atoms with van der Waals surface area (Å²) in [5, 5.41) is 4.79. The van der Waals surface area contributed by atoms with Crippen molar-refractivity contribution in [3.63, 3.8) is 0 Å². The minimum atomic E-state index is -0.902. The van der Waals surface area contributed by atoms with Crippen LogP contribution in [-0.4, -0.2) is 37.1 Å². The van der Waals surface area contributed by atoms with Gasteiger partial charge in [-0.25, -0.2) is 8.78 Å². The molecule has 1 aromatic carbocycles. The monoisotopic (exact) mass is 349 g/mol. The summed E-state index contributed by atoms with van der Waals surface area (Å²) in [5.74, 6) is -3.01. The van der Waals surface area contributed by atoms with Crippen LogP contribution < -0.4 is 10.6 Å². The predicted octanol–water partition coefficient (Wildman–Crippen LogP) is 2.38. The Balaban J connectivity index is 2.07. The van der Waals surface area contributed by atoms with E-state index in [0.717, 1.165) is 12.1 Å². The van der Waals surface area contributed by atoms with Gasteiger partial charge in [0.05, 0.1) is 0 Å². The zero-order chi connectivity index (χ0) is 18.2. The average molecular weight is 349 g/mol. The molecule has 6 nitrogen and oxygen atoms in total. The highest BCUT2D eigenvalue weighted by molar-refractivity contribution is 6.04. The Morgan fingerprint density at radius 3 is 2.56 bits per heavy atom. The third-order valence-corrected chi connectivity index (χ3v) is 3.27. The fourth-order valence-corrected chi connectivity index (χ4v) is 2.01. The van der Waals surface area contributed by atoms with Crippen LogP contribution in [0.25, 0.3) is 0 Å². The number of ether oxygens (including phenoxy) is 1. The number of nitrogens with zero attached hydrogens (tertiary/aromatic N) is 1. The van der Waals surface area contributed by atoms with Gasteiger partial charge in [0.1, 0.15) is 23.0 Å². The van der Waals surface area contributed by atoms with Crippen LogP contribution >= 0.6 is 0 Å². The molecule has 8 heteroatoms. The molecule has 1 heterocycles. The van der Waals surface area contributed by atoms with Gasteiger partial charge >= 0.3 is 0 Å². The van der Waals surface area contributed by atoms with Gasteiger partial charge in [-0.3, -0.25) is 14.6 Å². The number of para-hydroxylation sites is 1. The van der Waals surface area contributed by atoms with Crippen molar-refractivity contribution in [3.05, 3.63) is 59.4 Å². The van der Waals surface area contributed by atoms with Crippen LogP contribution in [0.1, 0.15) is 27.3 Å². The van der Waals surface area contributed by atoms with Crippen molar-refractivity contribution in [2.24, 2.45) is 0 Å². The summed E-state index contributed by atoms with van der Waals surface area (Å²) in [4.78, 5) is 28.0. The highest BCUT2D eigenvalue weighted by Crippen LogP contribution is 2.18. The Labute approximate surface area is 143 Å². The van der Waals surface area contributed by atoms with Crippen LogP contribution in [0, 0.1) is 11.6 Å². The maximum atomic E-state index is 13.6. The molecule has 0 saturated carbocycles. The molecule has 0 unspecified atom stereocenters. The van der Waals surface area contributed by atoms with E-state index in [2.05, 4.69) is 15.6 Å². The lowest BCUT2D eigenvalue weighted by molar-refractivity contribution is 0.0948. The number of hydrogen-bond acceptors (Lipinski definition) is 4. The summed E-state index contributed by atoms with van der Waals surface area (Å²) in [6, 6.07) is 5.92. The third kappa shape index (κ3) is 5.05. The summed E-state index contributed by atoms with van der Waals surface area (Å²) < 4.78 is 32.1. The Morgan fingerprint density at radius 2 is 1.88 bits per heavy atom. The van der Waals surface area contributed by atoms with Gasteiger partial charge in [0, 0.05) is 32.0 Å². The maximum absolute atomic E-state index is 13.6. The molecule has 0 fully saturated rings. The fourth-order valence-electron chi connectivity index (χ4n) is 2.01. The van der Waals surface area contributed by atoms with E-state index in [0.29, 0.717) is 19.6 Å². The summed E-state index contributed by atoms with van der Waals surface area (Å²) in [6.45, 7) is 0.926. The number of rotatable bonds is 7. The fraction of sp³-hybridized carbons (Fsp3) is 0.235. The molecule has 0 spiro atoms. The first-order chi connectivity index (χ1) is 12.0. The molecular weight excluding hydrogens is 332 g/mol. The van der Waals surface area contributed by atoms with Gasteiger partial charge in [0.25, 0.3) is 11.8 Å². The van der Waals surface area contributed by atoms with Crippen molar-refractivity contribution < 1.29 is 23.1 Å². The number of methoxy groups -OCH3 is 1. The van der Waals surface area contributed by atoms with Crippen molar-refractivity contribution >= 4 is 17.5 Å². The van der Waals surface area contributed by atoms with Gasteiger partial charge in [0.2, 0.25) is 0 Å². The van der Waals surface area contributed by atoms with Crippen LogP contribution in [0.2, 0.25) is 0 Å². The third-order valence-electron chi connectivity index (χ3n) is 3.27. The van der Waals surface area contributed by atoms with Gasteiger partial charge in [-0.1, -0.05) is 6.07 Å². The molecule has 0 bridgehead atoms. The molecular formula is C17H17F2N3O3. The minimum absolute atomic E-state index is 0.132. The number of hydrogen-bond donors (Lipinski definition) is 2. The zero-order valence-corrected chi connectivity index (χ0v) is 13.5. The van der Waals surface area contributed by atoms with Crippen molar-refractivity contribution in [1.82, 2.24) is 10.3 Å². The number of anilines is 1. The van der Waals surface area contributed by atoms with Crippen LogP contribution in [-0.2, 0) is 4.74 Å². The summed E-state index contributed by atoms with van der Waals surface area (Å²) in [5.41, 5.74) is -0.484. The molecule has 0 atom stereocenters. The van der Waals surface area contributed by atoms with Gasteiger partial charge < -0.3 is 15.4 Å². The normalized spacial score (nSPS) is 10.4. The van der Waals surface area contributed by atoms with Crippen LogP contribution in [0.5, 0.6) is 0 Å². The van der Waals surface area contributed by atoms with E-state index in [4.69, 9.17) is 4.74 Å². The number of pyridine rings is 1. The molecule has 2 amide bonds. The molecule has 2 aromatic rings. The molecule has 0 radical (unpaired) electrons. The quantitative estimate of drug-likeness (QED) is 0.752. The number of carbonyl (C=O) groups is 2. The average Bonchev–Trinajstić information content (AvgIpc) is 2.61. The molecule has 0 aliphatic rings. The highest BCUT2D eigenvalue weighted by atomic mass is 19.1. The first kappa shape index (κ1) is 18.5. The number of nitrogens with one attached hydrogen (secondary N) is 2. The van der Waals surface area contributed by atoms with E-state index < -0.39 is 23.2 Å². The second-order valence-electron chi connectivity index (χ2n) is 5.08. The van der Waals surface area contributed by atoms with Gasteiger partial charge in [0.15, 0.2) is 0 Å². The van der Waals surface area contributed by atoms with E-state index >= 15 is 0 Å². The van der Waals surface area contributed by atoms with Crippen molar-refractivity contribution in [2.45, 2.75) is 6.42 Å². The van der Waals surface area contributed by atoms with Crippen LogP contribution in [0.15, 0.2) is 36.5 Å². The van der Waals surface area contributed by atoms with E-state index in [1.807, 2.05) is 0 Å². The molecule has 132 valence electrons. The van der Waals surface area contributed by atoms with Crippen molar-refractivity contribution in [3.8, 4) is 0 Å². The molecule has 0 aliphatic heterocycles. The number of halogens is 2. The first-order valence-corrected chi connectivity index (χ1v) is 7.51. The molecule has 1 aromatic heterocycles. The van der Waals surface area contributed by atoms with Crippen molar-refractivity contribution in [1.29, 1.82) is 0 Å². The first-order valence-electron chi connectivity index (χ1n) is 7.51. The molecule has 2 N–H and O–H groups in total. The van der Waals surface area contributed by atoms with Crippen LogP contribution in [0.4, 0.5) is 14.5 Å². The lowest BCUT2D eigenvalue weighted by Crippen LogP contribution is -2.26. The van der Waals surface area contributed by atoms with Crippen molar-refractivity contribution in [2.75, 3.05) is 25.6 Å². The maximum Gasteiger partial charge on any atom is 0.274 e. The largest absolute Gasteiger partial charge is 0.385 e. The van der Waals surface area contributed by atoms with E-state index in [1.165, 1.54) is 24.4 Å². The Hall–Kier alpha value is -2.87. The smallest absolute Gasteiger partial charge is 0.274 e. The van der Waals surface area contributed by atoms with Gasteiger partial charge in [-0.15, -0.1) is 0 Å². The number of amides is 2. The van der Waals surface area contributed by atoms with E-state index in [1.54, 1.807) is 7.11 Å². The highest BCUT2D eigenvalue weighted by Gasteiger charge is 2.16. The molecule has 25 heavy (non-hydrogen) atoms. The number of benzene rings is 1. The number of aromatic nitrogens is 1. The summed E-state index contributed by atoms with van der Waals surface area (Å²) in [6.07, 6.45) is 1.92. The second kappa shape index (κ2) is 8.84. The zero-order valence-electron chi connectivity index (χ0n) is 13.5. The molecule has 2 rings (SSSR count). The van der Waals surface area contributed by atoms with E-state index in [9.17, 15) is 18.4 Å². The topological polar surface area (TPSA) is 80.3 Å². The Morgan fingerprint density at radius 1 is 1.16 bits per heavy atom. The van der Waals surface area contributed by atoms with Gasteiger partial charge in [-0.2, -0.15) is 0 Å². The standard InChI is InChI=1S/C17H17F2N3O3/c1-25-9-3-7-21-16(23)11-6-8-20-14(10-11)17(24)22-15-12(18)4-2-5-13(15)19/h2,4-6,8,10H,3,7,9H2,1H3,(H,21,23)(H,22,24). The summed E-state index contributed by atoms with van der Waals surface area (Å²) in [7, 11) is 1.56. The minimum Gasteiger partial charge on any atom is -0.385 e. The van der Waals surface area contributed by atoms with E-state index in [-0.39, 0.29) is 17.2 Å². The second-order valence-corrected chi connectivity index (χ2v) is 5.08. The lowest BCUT2D eigenvalue weighted by atomic mass is 10.2. The summed E-state index contributed by atoms with van der Waals surface area (Å²) >= 11 is 0.